The lowest BCUT2D eigenvalue weighted by atomic mass is 10.3. The molecule has 2 amide bonds. The number of aliphatic carboxylic acids is 1. The van der Waals surface area contributed by atoms with Gasteiger partial charge in [-0.25, -0.2) is 13.2 Å². The molecular weight excluding hydrogens is 302 g/mol. The largest absolute Gasteiger partial charge is 0.478 e. The highest BCUT2D eigenvalue weighted by Crippen LogP contribution is 1.94. The fourth-order valence-corrected chi connectivity index (χ4v) is 2.06. The van der Waals surface area contributed by atoms with Crippen LogP contribution in [-0.2, 0) is 24.2 Å². The van der Waals surface area contributed by atoms with Crippen LogP contribution in [-0.4, -0.2) is 55.9 Å². The average molecular weight is 317 g/mol. The minimum atomic E-state index is -3.56. The van der Waals surface area contributed by atoms with Crippen LogP contribution in [0.4, 0.5) is 0 Å². The third-order valence-electron chi connectivity index (χ3n) is 2.02. The lowest BCUT2D eigenvalue weighted by Gasteiger charge is -2.16. The first-order chi connectivity index (χ1) is 9.65. The molecule has 0 aromatic rings. The van der Waals surface area contributed by atoms with E-state index in [4.69, 9.17) is 10.4 Å². The molecule has 0 radical (unpaired) electrons. The van der Waals surface area contributed by atoms with Gasteiger partial charge in [0, 0.05) is 25.0 Å². The van der Waals surface area contributed by atoms with Gasteiger partial charge in [0.1, 0.15) is 15.9 Å². The summed E-state index contributed by atoms with van der Waals surface area (Å²) in [5.41, 5.74) is 0. The van der Waals surface area contributed by atoms with Crippen LogP contribution in [0.1, 0.15) is 6.42 Å². The van der Waals surface area contributed by atoms with Gasteiger partial charge < -0.3 is 15.7 Å². The molecule has 0 fully saturated rings. The van der Waals surface area contributed by atoms with Crippen molar-refractivity contribution < 1.29 is 27.9 Å². The number of hydrogen-bond donors (Lipinski definition) is 3. The molecule has 0 bridgehead atoms. The lowest BCUT2D eigenvalue weighted by molar-refractivity contribution is -0.131. The van der Waals surface area contributed by atoms with Crippen molar-refractivity contribution in [1.29, 1.82) is 5.26 Å². The first-order valence-electron chi connectivity index (χ1n) is 5.69. The van der Waals surface area contributed by atoms with Crippen LogP contribution >= 0.6 is 0 Å². The molecule has 0 spiro atoms. The number of hydrogen-bond acceptors (Lipinski definition) is 6. The van der Waals surface area contributed by atoms with Crippen molar-refractivity contribution in [2.45, 2.75) is 12.5 Å². The van der Waals surface area contributed by atoms with Crippen LogP contribution in [0, 0.1) is 11.3 Å². The summed E-state index contributed by atoms with van der Waals surface area (Å²) < 4.78 is 22.5. The summed E-state index contributed by atoms with van der Waals surface area (Å²) >= 11 is 0. The third kappa shape index (κ3) is 10.1. The van der Waals surface area contributed by atoms with E-state index < -0.39 is 39.4 Å². The van der Waals surface area contributed by atoms with Gasteiger partial charge in [-0.1, -0.05) is 0 Å². The summed E-state index contributed by atoms with van der Waals surface area (Å²) in [7, 11) is -3.56. The van der Waals surface area contributed by atoms with E-state index in [0.29, 0.717) is 12.2 Å². The summed E-state index contributed by atoms with van der Waals surface area (Å²) in [4.78, 5) is 33.4. The predicted octanol–water partition coefficient (Wildman–Crippen LogP) is -1.81. The molecule has 3 N–H and O–H groups in total. The summed E-state index contributed by atoms with van der Waals surface area (Å²) in [5.74, 6) is -3.68. The van der Waals surface area contributed by atoms with Gasteiger partial charge in [0.25, 0.3) is 0 Å². The minimum absolute atomic E-state index is 0.0103. The predicted molar refractivity (Wildman–Crippen MR) is 71.7 cm³/mol. The van der Waals surface area contributed by atoms with E-state index in [9.17, 15) is 22.8 Å². The molecule has 0 heterocycles. The van der Waals surface area contributed by atoms with Gasteiger partial charge in [0.2, 0.25) is 11.8 Å². The van der Waals surface area contributed by atoms with E-state index in [1.54, 1.807) is 6.07 Å². The Hall–Kier alpha value is -2.41. The van der Waals surface area contributed by atoms with Crippen molar-refractivity contribution >= 4 is 27.6 Å². The number of sulfone groups is 1. The van der Waals surface area contributed by atoms with Crippen molar-refractivity contribution in [3.05, 3.63) is 12.2 Å². The van der Waals surface area contributed by atoms with Crippen molar-refractivity contribution in [3.63, 3.8) is 0 Å². The Kier molecular flexibility index (Phi) is 7.70. The summed E-state index contributed by atoms with van der Waals surface area (Å²) in [6.07, 6.45) is 2.15. The number of carboxylic acids is 1. The zero-order valence-corrected chi connectivity index (χ0v) is 12.0. The maximum atomic E-state index is 11.7. The van der Waals surface area contributed by atoms with Crippen molar-refractivity contribution in [2.24, 2.45) is 0 Å². The number of nitrogens with zero attached hydrogens (tertiary/aromatic N) is 1. The molecule has 0 aliphatic rings. The monoisotopic (exact) mass is 317 g/mol. The number of carbonyl (C=O) groups is 3. The molecule has 9 nitrogen and oxygen atoms in total. The lowest BCUT2D eigenvalue weighted by Crippen LogP contribution is -2.50. The molecule has 0 aliphatic carbocycles. The number of amides is 2. The first-order valence-corrected chi connectivity index (χ1v) is 7.75. The van der Waals surface area contributed by atoms with Crippen molar-refractivity contribution in [1.82, 2.24) is 10.6 Å². The van der Waals surface area contributed by atoms with E-state index >= 15 is 0 Å². The smallest absolute Gasteiger partial charge is 0.328 e. The molecule has 0 saturated heterocycles. The number of carboxylic acid groups (broad SMARTS) is 1. The molecule has 0 rings (SSSR count). The van der Waals surface area contributed by atoms with Crippen LogP contribution < -0.4 is 10.6 Å². The SMILES string of the molecule is CS(=O)(=O)CC(NC(=O)C=CC(=O)O)C(=O)NCCC#N. The van der Waals surface area contributed by atoms with Gasteiger partial charge >= 0.3 is 5.97 Å². The highest BCUT2D eigenvalue weighted by Gasteiger charge is 2.24. The van der Waals surface area contributed by atoms with E-state index in [-0.39, 0.29) is 13.0 Å². The number of rotatable bonds is 8. The Bertz CT molecular complexity index is 575. The van der Waals surface area contributed by atoms with Crippen LogP contribution in [0.25, 0.3) is 0 Å². The molecule has 0 aliphatic heterocycles. The molecule has 0 aromatic carbocycles. The van der Waals surface area contributed by atoms with Crippen LogP contribution in [0.5, 0.6) is 0 Å². The molecule has 21 heavy (non-hydrogen) atoms. The zero-order chi connectivity index (χ0) is 16.5. The van der Waals surface area contributed by atoms with Gasteiger partial charge in [0.15, 0.2) is 0 Å². The fourth-order valence-electron chi connectivity index (χ4n) is 1.22. The average Bonchev–Trinajstić information content (AvgIpc) is 2.34. The van der Waals surface area contributed by atoms with Crippen molar-refractivity contribution in [3.8, 4) is 6.07 Å². The van der Waals surface area contributed by atoms with E-state index in [0.717, 1.165) is 6.26 Å². The normalized spacial score (nSPS) is 12.4. The molecule has 1 unspecified atom stereocenters. The number of nitrogens with one attached hydrogen (secondary N) is 2. The zero-order valence-electron chi connectivity index (χ0n) is 11.2. The second-order valence-corrected chi connectivity index (χ2v) is 6.21. The molecule has 1 atom stereocenters. The maximum absolute atomic E-state index is 11.7. The van der Waals surface area contributed by atoms with Crippen LogP contribution in [0.15, 0.2) is 12.2 Å². The number of carbonyl (C=O) groups excluding carboxylic acids is 2. The highest BCUT2D eigenvalue weighted by molar-refractivity contribution is 7.90. The molecule has 10 heteroatoms. The Morgan fingerprint density at radius 3 is 2.43 bits per heavy atom. The van der Waals surface area contributed by atoms with Gasteiger partial charge in [-0.2, -0.15) is 5.26 Å². The van der Waals surface area contributed by atoms with Crippen LogP contribution in [0.2, 0.25) is 0 Å². The second kappa shape index (κ2) is 8.70. The van der Waals surface area contributed by atoms with Gasteiger partial charge in [-0.05, 0) is 0 Å². The topological polar surface area (TPSA) is 153 Å². The molecule has 0 saturated carbocycles. The molecule has 0 aromatic heterocycles. The Morgan fingerprint density at radius 2 is 1.95 bits per heavy atom. The summed E-state index contributed by atoms with van der Waals surface area (Å²) in [6.45, 7) is 0.0103. The highest BCUT2D eigenvalue weighted by atomic mass is 32.2. The third-order valence-corrected chi connectivity index (χ3v) is 2.95. The second-order valence-electron chi connectivity index (χ2n) is 4.02. The van der Waals surface area contributed by atoms with Gasteiger partial charge in [0.05, 0.1) is 18.2 Å². The quantitative estimate of drug-likeness (QED) is 0.352. The Labute approximate surface area is 121 Å². The first kappa shape index (κ1) is 18.6. The molecule has 116 valence electrons. The maximum Gasteiger partial charge on any atom is 0.328 e. The standard InChI is InChI=1S/C11H15N3O6S/c1-21(19,20)7-8(11(18)13-6-2-5-12)14-9(15)3-4-10(16)17/h3-4,8H,2,6-7H2,1H3,(H,13,18)(H,14,15)(H,16,17). The van der Waals surface area contributed by atoms with Gasteiger partial charge in [-0.15, -0.1) is 0 Å². The van der Waals surface area contributed by atoms with Gasteiger partial charge in [-0.3, -0.25) is 9.59 Å². The van der Waals surface area contributed by atoms with E-state index in [1.165, 1.54) is 0 Å². The Morgan fingerprint density at radius 1 is 1.33 bits per heavy atom. The summed E-state index contributed by atoms with van der Waals surface area (Å²) in [5, 5.41) is 21.1. The molecular formula is C11H15N3O6S. The Balaban J connectivity index is 4.82. The summed E-state index contributed by atoms with van der Waals surface area (Å²) in [6, 6.07) is 0.416. The van der Waals surface area contributed by atoms with Crippen molar-refractivity contribution in [2.75, 3.05) is 18.6 Å². The number of nitriles is 1. The van der Waals surface area contributed by atoms with Crippen LogP contribution in [0.3, 0.4) is 0 Å². The fraction of sp³-hybridized carbons (Fsp3) is 0.455. The minimum Gasteiger partial charge on any atom is -0.478 e. The van der Waals surface area contributed by atoms with E-state index in [2.05, 4.69) is 10.6 Å². The van der Waals surface area contributed by atoms with E-state index in [1.807, 2.05) is 0 Å².